The molecule has 2 N–H and O–H groups in total. The number of pyridine rings is 1. The van der Waals surface area contributed by atoms with Crippen molar-refractivity contribution in [1.29, 1.82) is 0 Å². The Labute approximate surface area is 106 Å². The van der Waals surface area contributed by atoms with E-state index in [1.807, 2.05) is 6.20 Å². The Bertz CT molecular complexity index is 336. The van der Waals surface area contributed by atoms with E-state index in [0.29, 0.717) is 12.0 Å². The molecule has 88 valence electrons. The van der Waals surface area contributed by atoms with Crippen LogP contribution in [0.25, 0.3) is 0 Å². The van der Waals surface area contributed by atoms with Gasteiger partial charge in [0.25, 0.3) is 0 Å². The van der Waals surface area contributed by atoms with Gasteiger partial charge in [0.15, 0.2) is 0 Å². The van der Waals surface area contributed by atoms with Crippen LogP contribution in [-0.4, -0.2) is 11.0 Å². The summed E-state index contributed by atoms with van der Waals surface area (Å²) in [5, 5.41) is 0. The van der Waals surface area contributed by atoms with Crippen LogP contribution in [0, 0.1) is 11.8 Å². The lowest BCUT2D eigenvalue weighted by atomic mass is 9.77. The molecule has 1 heterocycles. The molecule has 1 aromatic heterocycles. The van der Waals surface area contributed by atoms with E-state index in [-0.39, 0.29) is 0 Å². The van der Waals surface area contributed by atoms with Crippen molar-refractivity contribution >= 4 is 15.9 Å². The molecular formula is C13H19BrN2. The normalized spacial score (nSPS) is 30.3. The molecule has 0 radical (unpaired) electrons. The smallest absolute Gasteiger partial charge is 0.0413 e. The van der Waals surface area contributed by atoms with E-state index in [4.69, 9.17) is 5.73 Å². The number of nitrogens with zero attached hydrogens (tertiary/aromatic N) is 1. The number of halogens is 1. The van der Waals surface area contributed by atoms with E-state index in [2.05, 4.69) is 40.0 Å². The SMILES string of the molecule is CC1CCC(N)C(Cc2ccc(Br)cn2)C1. The van der Waals surface area contributed by atoms with E-state index in [9.17, 15) is 0 Å². The quantitative estimate of drug-likeness (QED) is 0.905. The van der Waals surface area contributed by atoms with Crippen LogP contribution < -0.4 is 5.73 Å². The van der Waals surface area contributed by atoms with Crippen LogP contribution in [0.2, 0.25) is 0 Å². The third-order valence-electron chi connectivity index (χ3n) is 3.56. The summed E-state index contributed by atoms with van der Waals surface area (Å²) >= 11 is 3.40. The maximum Gasteiger partial charge on any atom is 0.0413 e. The molecule has 0 aliphatic heterocycles. The molecule has 3 unspecified atom stereocenters. The topological polar surface area (TPSA) is 38.9 Å². The minimum atomic E-state index is 0.363. The van der Waals surface area contributed by atoms with Crippen molar-refractivity contribution in [1.82, 2.24) is 4.98 Å². The van der Waals surface area contributed by atoms with Crippen molar-refractivity contribution < 1.29 is 0 Å². The van der Waals surface area contributed by atoms with Gasteiger partial charge in [-0.3, -0.25) is 4.98 Å². The van der Waals surface area contributed by atoms with Gasteiger partial charge in [0.2, 0.25) is 0 Å². The predicted molar refractivity (Wildman–Crippen MR) is 70.1 cm³/mol. The van der Waals surface area contributed by atoms with Crippen molar-refractivity contribution in [2.75, 3.05) is 0 Å². The van der Waals surface area contributed by atoms with Gasteiger partial charge in [0.1, 0.15) is 0 Å². The molecule has 16 heavy (non-hydrogen) atoms. The van der Waals surface area contributed by atoms with Crippen molar-refractivity contribution in [3.8, 4) is 0 Å². The summed E-state index contributed by atoms with van der Waals surface area (Å²) in [6.45, 7) is 2.33. The van der Waals surface area contributed by atoms with E-state index < -0.39 is 0 Å². The molecule has 0 aromatic carbocycles. The van der Waals surface area contributed by atoms with Crippen LogP contribution in [-0.2, 0) is 6.42 Å². The van der Waals surface area contributed by atoms with Gasteiger partial charge in [0, 0.05) is 22.4 Å². The van der Waals surface area contributed by atoms with Crippen molar-refractivity contribution in [2.24, 2.45) is 17.6 Å². The van der Waals surface area contributed by atoms with Crippen LogP contribution >= 0.6 is 15.9 Å². The standard InChI is InChI=1S/C13H19BrN2/c1-9-2-5-13(15)10(6-9)7-12-4-3-11(14)8-16-12/h3-4,8-10,13H,2,5-7,15H2,1H3. The summed E-state index contributed by atoms with van der Waals surface area (Å²) in [6.07, 6.45) is 6.60. The lowest BCUT2D eigenvalue weighted by Gasteiger charge is -2.32. The van der Waals surface area contributed by atoms with Crippen LogP contribution in [0.4, 0.5) is 0 Å². The number of nitrogens with two attached hydrogens (primary N) is 1. The second kappa shape index (κ2) is 5.28. The number of aromatic nitrogens is 1. The first-order valence-electron chi connectivity index (χ1n) is 6.01. The summed E-state index contributed by atoms with van der Waals surface area (Å²) in [6, 6.07) is 4.51. The lowest BCUT2D eigenvalue weighted by molar-refractivity contribution is 0.243. The summed E-state index contributed by atoms with van der Waals surface area (Å²) in [7, 11) is 0. The summed E-state index contributed by atoms with van der Waals surface area (Å²) in [5.41, 5.74) is 7.35. The largest absolute Gasteiger partial charge is 0.327 e. The van der Waals surface area contributed by atoms with E-state index in [0.717, 1.165) is 22.5 Å². The zero-order valence-electron chi connectivity index (χ0n) is 9.70. The Morgan fingerprint density at radius 1 is 1.44 bits per heavy atom. The minimum Gasteiger partial charge on any atom is -0.327 e. The molecule has 1 saturated carbocycles. The third kappa shape index (κ3) is 3.05. The highest BCUT2D eigenvalue weighted by Crippen LogP contribution is 2.30. The molecule has 0 spiro atoms. The first-order valence-corrected chi connectivity index (χ1v) is 6.80. The maximum atomic E-state index is 6.18. The number of rotatable bonds is 2. The van der Waals surface area contributed by atoms with Crippen LogP contribution in [0.5, 0.6) is 0 Å². The van der Waals surface area contributed by atoms with Crippen molar-refractivity contribution in [2.45, 2.75) is 38.6 Å². The van der Waals surface area contributed by atoms with Crippen molar-refractivity contribution in [3.63, 3.8) is 0 Å². The summed E-state index contributed by atoms with van der Waals surface area (Å²) in [5.74, 6) is 1.43. The Hall–Kier alpha value is -0.410. The van der Waals surface area contributed by atoms with Gasteiger partial charge >= 0.3 is 0 Å². The number of hydrogen-bond acceptors (Lipinski definition) is 2. The maximum absolute atomic E-state index is 6.18. The summed E-state index contributed by atoms with van der Waals surface area (Å²) in [4.78, 5) is 4.43. The molecule has 0 bridgehead atoms. The molecule has 3 heteroatoms. The minimum absolute atomic E-state index is 0.363. The third-order valence-corrected chi connectivity index (χ3v) is 4.03. The van der Waals surface area contributed by atoms with Crippen LogP contribution in [0.1, 0.15) is 31.9 Å². The fourth-order valence-corrected chi connectivity index (χ4v) is 2.79. The van der Waals surface area contributed by atoms with Gasteiger partial charge in [-0.05, 0) is 65.6 Å². The monoisotopic (exact) mass is 282 g/mol. The van der Waals surface area contributed by atoms with Gasteiger partial charge in [-0.1, -0.05) is 6.92 Å². The Morgan fingerprint density at radius 2 is 2.25 bits per heavy atom. The van der Waals surface area contributed by atoms with Gasteiger partial charge in [-0.2, -0.15) is 0 Å². The van der Waals surface area contributed by atoms with Gasteiger partial charge in [-0.15, -0.1) is 0 Å². The lowest BCUT2D eigenvalue weighted by Crippen LogP contribution is -2.36. The second-order valence-corrected chi connectivity index (χ2v) is 5.93. The Morgan fingerprint density at radius 3 is 2.94 bits per heavy atom. The highest BCUT2D eigenvalue weighted by Gasteiger charge is 2.26. The van der Waals surface area contributed by atoms with Gasteiger partial charge in [0.05, 0.1) is 0 Å². The fourth-order valence-electron chi connectivity index (χ4n) is 2.55. The molecule has 3 atom stereocenters. The first kappa shape index (κ1) is 12.1. The average Bonchev–Trinajstić information content (AvgIpc) is 2.27. The highest BCUT2D eigenvalue weighted by molar-refractivity contribution is 9.10. The molecule has 2 rings (SSSR count). The molecule has 0 saturated heterocycles. The van der Waals surface area contributed by atoms with E-state index in [1.165, 1.54) is 19.3 Å². The van der Waals surface area contributed by atoms with Crippen LogP contribution in [0.3, 0.4) is 0 Å². The molecule has 1 fully saturated rings. The van der Waals surface area contributed by atoms with E-state index in [1.54, 1.807) is 0 Å². The van der Waals surface area contributed by atoms with E-state index >= 15 is 0 Å². The molecule has 2 nitrogen and oxygen atoms in total. The van der Waals surface area contributed by atoms with Gasteiger partial charge in [-0.25, -0.2) is 0 Å². The molecule has 0 amide bonds. The molecule has 1 aliphatic carbocycles. The Kier molecular flexibility index (Phi) is 3.98. The average molecular weight is 283 g/mol. The molecule has 1 aromatic rings. The number of hydrogen-bond donors (Lipinski definition) is 1. The zero-order valence-corrected chi connectivity index (χ0v) is 11.3. The van der Waals surface area contributed by atoms with Crippen LogP contribution in [0.15, 0.2) is 22.8 Å². The predicted octanol–water partition coefficient (Wildman–Crippen LogP) is 3.15. The second-order valence-electron chi connectivity index (χ2n) is 5.01. The van der Waals surface area contributed by atoms with Gasteiger partial charge < -0.3 is 5.73 Å². The fraction of sp³-hybridized carbons (Fsp3) is 0.615. The van der Waals surface area contributed by atoms with Crippen molar-refractivity contribution in [3.05, 3.63) is 28.5 Å². The molecule has 1 aliphatic rings. The Balaban J connectivity index is 2.00. The first-order chi connectivity index (χ1) is 7.65. The highest BCUT2D eigenvalue weighted by atomic mass is 79.9. The molecular weight excluding hydrogens is 264 g/mol. The summed E-state index contributed by atoms with van der Waals surface area (Å²) < 4.78 is 1.04. The zero-order chi connectivity index (χ0) is 11.5.